The Morgan fingerprint density at radius 3 is 2.45 bits per heavy atom. The number of oxime groups is 1. The number of hydrogen-bond donors (Lipinski definition) is 0. The van der Waals surface area contributed by atoms with Crippen molar-refractivity contribution in [2.24, 2.45) is 5.16 Å². The molecule has 1 aliphatic rings. The van der Waals surface area contributed by atoms with Crippen molar-refractivity contribution >= 4 is 56.8 Å². The molecule has 1 atom stereocenters. The van der Waals surface area contributed by atoms with Gasteiger partial charge in [-0.25, -0.2) is 9.69 Å². The molecule has 164 valence electrons. The van der Waals surface area contributed by atoms with Gasteiger partial charge in [0.25, 0.3) is 5.91 Å². The monoisotopic (exact) mass is 528 g/mol. The van der Waals surface area contributed by atoms with Crippen LogP contribution in [-0.4, -0.2) is 43.6 Å². The Hall–Kier alpha value is -2.13. The third-order valence-electron chi connectivity index (χ3n) is 4.77. The smallest absolute Gasteiger partial charge is 0.418 e. The number of hydrogen-bond acceptors (Lipinski definition) is 6. The minimum absolute atomic E-state index is 0.235. The van der Waals surface area contributed by atoms with Gasteiger partial charge in [-0.2, -0.15) is 0 Å². The second-order valence-electron chi connectivity index (χ2n) is 7.01. The second kappa shape index (κ2) is 9.56. The summed E-state index contributed by atoms with van der Waals surface area (Å²) in [5.41, 5.74) is 1.81. The first-order chi connectivity index (χ1) is 14.7. The average Bonchev–Trinajstić information content (AvgIpc) is 3.14. The highest BCUT2D eigenvalue weighted by Gasteiger charge is 2.37. The summed E-state index contributed by atoms with van der Waals surface area (Å²) in [4.78, 5) is 31.3. The number of carbonyl (C=O) groups is 2. The highest BCUT2D eigenvalue weighted by Crippen LogP contribution is 2.38. The van der Waals surface area contributed by atoms with E-state index in [-0.39, 0.29) is 12.3 Å². The van der Waals surface area contributed by atoms with Gasteiger partial charge in [0.05, 0.1) is 18.4 Å². The van der Waals surface area contributed by atoms with Crippen molar-refractivity contribution in [3.8, 4) is 0 Å². The van der Waals surface area contributed by atoms with E-state index in [1.165, 1.54) is 14.2 Å². The fraction of sp³-hybridized carbons (Fsp3) is 0.286. The number of imide groups is 1. The standard InChI is InChI=1S/C21H19BrCl2N2O5/c1-21(13-7-14(23)9-15(24)8-13)10-18(25-31-21)12-4-5-16(17(22)6-12)19(27)26(11-29-2)20(28)30-3/h4-9H,10-11H2,1-3H3. The fourth-order valence-electron chi connectivity index (χ4n) is 3.16. The van der Waals surface area contributed by atoms with Gasteiger partial charge in [-0.3, -0.25) is 4.79 Å². The highest BCUT2D eigenvalue weighted by molar-refractivity contribution is 9.10. The maximum Gasteiger partial charge on any atom is 0.418 e. The molecule has 2 amide bonds. The number of carbonyl (C=O) groups excluding carboxylic acids is 2. The maximum atomic E-state index is 12.8. The van der Waals surface area contributed by atoms with Crippen LogP contribution in [0.25, 0.3) is 0 Å². The minimum Gasteiger partial charge on any atom is -0.452 e. The second-order valence-corrected chi connectivity index (χ2v) is 8.74. The molecule has 1 unspecified atom stereocenters. The van der Waals surface area contributed by atoms with Gasteiger partial charge in [-0.05, 0) is 53.2 Å². The topological polar surface area (TPSA) is 77.4 Å². The molecule has 0 fully saturated rings. The van der Waals surface area contributed by atoms with Crippen LogP contribution in [0.1, 0.15) is 34.8 Å². The molecule has 1 aliphatic heterocycles. The zero-order valence-electron chi connectivity index (χ0n) is 16.9. The van der Waals surface area contributed by atoms with Gasteiger partial charge in [-0.15, -0.1) is 0 Å². The number of amides is 2. The fourth-order valence-corrected chi connectivity index (χ4v) is 4.23. The van der Waals surface area contributed by atoms with Gasteiger partial charge in [-0.1, -0.05) is 34.4 Å². The number of halogens is 3. The van der Waals surface area contributed by atoms with Crippen LogP contribution >= 0.6 is 39.1 Å². The van der Waals surface area contributed by atoms with E-state index in [9.17, 15) is 9.59 Å². The first-order valence-corrected chi connectivity index (χ1v) is 10.6. The minimum atomic E-state index is -0.813. The van der Waals surface area contributed by atoms with Crippen LogP contribution in [0.3, 0.4) is 0 Å². The van der Waals surface area contributed by atoms with E-state index in [0.717, 1.165) is 16.0 Å². The molecule has 31 heavy (non-hydrogen) atoms. The van der Waals surface area contributed by atoms with Crippen LogP contribution < -0.4 is 0 Å². The third-order valence-corrected chi connectivity index (χ3v) is 5.86. The number of nitrogens with zero attached hydrogens (tertiary/aromatic N) is 2. The summed E-state index contributed by atoms with van der Waals surface area (Å²) in [5, 5.41) is 5.26. The molecule has 0 N–H and O–H groups in total. The van der Waals surface area contributed by atoms with Crippen molar-refractivity contribution in [1.82, 2.24) is 4.90 Å². The van der Waals surface area contributed by atoms with Gasteiger partial charge in [0.2, 0.25) is 0 Å². The van der Waals surface area contributed by atoms with Gasteiger partial charge in [0.15, 0.2) is 5.60 Å². The number of rotatable bonds is 5. The molecule has 0 bridgehead atoms. The van der Waals surface area contributed by atoms with Crippen LogP contribution in [0.15, 0.2) is 46.0 Å². The highest BCUT2D eigenvalue weighted by atomic mass is 79.9. The number of ether oxygens (including phenoxy) is 2. The van der Waals surface area contributed by atoms with Crippen molar-refractivity contribution in [3.63, 3.8) is 0 Å². The molecule has 2 aromatic carbocycles. The predicted octanol–water partition coefficient (Wildman–Crippen LogP) is 5.61. The summed E-state index contributed by atoms with van der Waals surface area (Å²) in [6.45, 7) is 1.66. The quantitative estimate of drug-likeness (QED) is 0.470. The van der Waals surface area contributed by atoms with Crippen LogP contribution in [-0.2, 0) is 19.9 Å². The zero-order chi connectivity index (χ0) is 22.8. The van der Waals surface area contributed by atoms with Gasteiger partial charge >= 0.3 is 6.09 Å². The molecule has 7 nitrogen and oxygen atoms in total. The predicted molar refractivity (Wildman–Crippen MR) is 121 cm³/mol. The lowest BCUT2D eigenvalue weighted by Crippen LogP contribution is -2.38. The van der Waals surface area contributed by atoms with Crippen molar-refractivity contribution in [2.45, 2.75) is 18.9 Å². The summed E-state index contributed by atoms with van der Waals surface area (Å²) < 4.78 is 10.1. The molecule has 0 radical (unpaired) electrons. The summed E-state index contributed by atoms with van der Waals surface area (Å²) >= 11 is 15.7. The molecule has 10 heteroatoms. The molecule has 0 spiro atoms. The molecule has 0 aromatic heterocycles. The largest absolute Gasteiger partial charge is 0.452 e. The van der Waals surface area contributed by atoms with E-state index in [0.29, 0.717) is 26.7 Å². The zero-order valence-corrected chi connectivity index (χ0v) is 20.0. The van der Waals surface area contributed by atoms with E-state index < -0.39 is 17.6 Å². The van der Waals surface area contributed by atoms with Crippen molar-refractivity contribution in [3.05, 3.63) is 67.6 Å². The summed E-state index contributed by atoms with van der Waals surface area (Å²) in [6, 6.07) is 10.3. The normalized spacial score (nSPS) is 17.7. The summed E-state index contributed by atoms with van der Waals surface area (Å²) in [7, 11) is 2.57. The van der Waals surface area contributed by atoms with Crippen molar-refractivity contribution in [1.29, 1.82) is 0 Å². The van der Waals surface area contributed by atoms with Crippen molar-refractivity contribution < 1.29 is 23.9 Å². The van der Waals surface area contributed by atoms with E-state index in [1.807, 2.05) is 6.92 Å². The summed E-state index contributed by atoms with van der Waals surface area (Å²) in [5.74, 6) is -0.560. The van der Waals surface area contributed by atoms with Crippen LogP contribution in [0.2, 0.25) is 10.0 Å². The van der Waals surface area contributed by atoms with Crippen LogP contribution in [0, 0.1) is 0 Å². The van der Waals surface area contributed by atoms with Crippen LogP contribution in [0.5, 0.6) is 0 Å². The lowest BCUT2D eigenvalue weighted by atomic mass is 9.89. The Morgan fingerprint density at radius 1 is 1.19 bits per heavy atom. The lowest BCUT2D eigenvalue weighted by molar-refractivity contribution is -0.00738. The lowest BCUT2D eigenvalue weighted by Gasteiger charge is -2.22. The maximum absolute atomic E-state index is 12.8. The molecular weight excluding hydrogens is 511 g/mol. The molecule has 1 heterocycles. The van der Waals surface area contributed by atoms with Gasteiger partial charge < -0.3 is 14.3 Å². The number of methoxy groups -OCH3 is 2. The molecule has 3 rings (SSSR count). The third kappa shape index (κ3) is 5.03. The molecular formula is C21H19BrCl2N2O5. The first-order valence-electron chi connectivity index (χ1n) is 9.09. The molecule has 2 aromatic rings. The van der Waals surface area contributed by atoms with E-state index in [4.69, 9.17) is 32.8 Å². The summed E-state index contributed by atoms with van der Waals surface area (Å²) in [6.07, 6.45) is -0.339. The Balaban J connectivity index is 1.83. The molecule has 0 saturated carbocycles. The van der Waals surface area contributed by atoms with Crippen LogP contribution in [0.4, 0.5) is 4.79 Å². The number of benzene rings is 2. The first kappa shape index (κ1) is 23.5. The average molecular weight is 530 g/mol. The Morgan fingerprint density at radius 2 is 1.87 bits per heavy atom. The van der Waals surface area contributed by atoms with Gasteiger partial charge in [0.1, 0.15) is 6.73 Å². The molecule has 0 aliphatic carbocycles. The Bertz CT molecular complexity index is 1040. The molecule has 0 saturated heterocycles. The van der Waals surface area contributed by atoms with E-state index in [1.54, 1.807) is 36.4 Å². The van der Waals surface area contributed by atoms with E-state index in [2.05, 4.69) is 25.8 Å². The Labute approximate surface area is 198 Å². The van der Waals surface area contributed by atoms with Gasteiger partial charge in [0, 0.05) is 39.2 Å². The van der Waals surface area contributed by atoms with Crippen molar-refractivity contribution in [2.75, 3.05) is 21.0 Å². The Kier molecular flexibility index (Phi) is 7.26. The SMILES string of the molecule is COCN(C(=O)OC)C(=O)c1ccc(C2=NOC(C)(c3cc(Cl)cc(Cl)c3)C2)cc1Br. The van der Waals surface area contributed by atoms with E-state index >= 15 is 0 Å².